The zero-order valence-electron chi connectivity index (χ0n) is 34.7. The van der Waals surface area contributed by atoms with Crippen molar-refractivity contribution in [2.45, 2.75) is 110 Å². The van der Waals surface area contributed by atoms with Crippen LogP contribution in [0.5, 0.6) is 0 Å². The summed E-state index contributed by atoms with van der Waals surface area (Å²) in [6, 6.07) is 51.0. The predicted octanol–water partition coefficient (Wildman–Crippen LogP) is 15.5. The second-order valence-corrected chi connectivity index (χ2v) is 17.6. The second-order valence-electron chi connectivity index (χ2n) is 17.6. The fourth-order valence-electron chi connectivity index (χ4n) is 10.2. The zero-order valence-corrected chi connectivity index (χ0v) is 34.7. The normalized spacial score (nSPS) is 16.0. The smallest absolute Gasteiger partial charge is 0.0722 e. The third-order valence-corrected chi connectivity index (χ3v) is 13.5. The molecule has 1 heterocycles. The number of hydrogen-bond acceptors (Lipinski definition) is 1. The Morgan fingerprint density at radius 1 is 0.439 bits per heavy atom. The first-order chi connectivity index (χ1) is 27.8. The van der Waals surface area contributed by atoms with Crippen LogP contribution in [-0.4, -0.2) is 4.98 Å². The lowest BCUT2D eigenvalue weighted by atomic mass is 9.73. The Morgan fingerprint density at radius 2 is 1.04 bits per heavy atom. The number of hydrogen-bond donors (Lipinski definition) is 0. The van der Waals surface area contributed by atoms with Crippen molar-refractivity contribution in [2.75, 3.05) is 0 Å². The van der Waals surface area contributed by atoms with Crippen molar-refractivity contribution in [3.8, 4) is 44.6 Å². The summed E-state index contributed by atoms with van der Waals surface area (Å²) in [4.78, 5) is 5.51. The molecule has 0 amide bonds. The van der Waals surface area contributed by atoms with Crippen LogP contribution in [0.2, 0.25) is 0 Å². The van der Waals surface area contributed by atoms with E-state index in [9.17, 15) is 0 Å². The van der Waals surface area contributed by atoms with Crippen LogP contribution in [0, 0.1) is 0 Å². The molecule has 7 aromatic rings. The molecule has 1 nitrogen and oxygen atoms in total. The van der Waals surface area contributed by atoms with Gasteiger partial charge in [-0.05, 0) is 129 Å². The summed E-state index contributed by atoms with van der Waals surface area (Å²) in [5, 5.41) is 1.21. The molecule has 1 aromatic heterocycles. The van der Waals surface area contributed by atoms with Crippen LogP contribution < -0.4 is 0 Å². The Hall–Kier alpha value is -5.27. The van der Waals surface area contributed by atoms with E-state index in [1.54, 1.807) is 0 Å². The molecule has 1 heteroatoms. The van der Waals surface area contributed by atoms with Gasteiger partial charge in [0.05, 0.1) is 11.2 Å². The molecule has 0 radical (unpaired) electrons. The maximum Gasteiger partial charge on any atom is 0.0722 e. The predicted molar refractivity (Wildman–Crippen MR) is 243 cm³/mol. The SMILES string of the molecule is CCCCCCc1cc(CCCCCC)cc(C2(C)c3ccccc3-c3cc(-c4cc(-c5ccccc5)c5cc6c(cc5n4)-c4ccccc4C6(C)C)ccc32)c1. The van der Waals surface area contributed by atoms with Crippen LogP contribution in [0.4, 0.5) is 0 Å². The largest absolute Gasteiger partial charge is 0.248 e. The lowest BCUT2D eigenvalue weighted by Gasteiger charge is -2.30. The molecular weight excluding hydrogens is 687 g/mol. The minimum Gasteiger partial charge on any atom is -0.248 e. The molecule has 2 aliphatic carbocycles. The Bertz CT molecular complexity index is 2560. The first-order valence-electron chi connectivity index (χ1n) is 21.8. The van der Waals surface area contributed by atoms with Crippen molar-refractivity contribution < 1.29 is 0 Å². The van der Waals surface area contributed by atoms with Gasteiger partial charge in [0.2, 0.25) is 0 Å². The summed E-state index contributed by atoms with van der Waals surface area (Å²) in [5.74, 6) is 0. The van der Waals surface area contributed by atoms with Crippen molar-refractivity contribution in [3.63, 3.8) is 0 Å². The second kappa shape index (κ2) is 15.2. The van der Waals surface area contributed by atoms with Gasteiger partial charge in [0.1, 0.15) is 0 Å². The first kappa shape index (κ1) is 37.3. The molecule has 1 unspecified atom stereocenters. The number of aromatic nitrogens is 1. The highest BCUT2D eigenvalue weighted by atomic mass is 14.7. The van der Waals surface area contributed by atoms with Gasteiger partial charge in [0.25, 0.3) is 0 Å². The zero-order chi connectivity index (χ0) is 39.1. The highest BCUT2D eigenvalue weighted by molar-refractivity contribution is 6.01. The van der Waals surface area contributed by atoms with Crippen molar-refractivity contribution in [2.24, 2.45) is 0 Å². The van der Waals surface area contributed by atoms with Gasteiger partial charge in [-0.1, -0.05) is 175 Å². The lowest BCUT2D eigenvalue weighted by Crippen LogP contribution is -2.23. The number of aryl methyl sites for hydroxylation is 2. The van der Waals surface area contributed by atoms with E-state index in [1.165, 1.54) is 129 Å². The molecular formula is C56H57N. The van der Waals surface area contributed by atoms with Gasteiger partial charge in [-0.3, -0.25) is 0 Å². The summed E-state index contributed by atoms with van der Waals surface area (Å²) in [7, 11) is 0. The summed E-state index contributed by atoms with van der Waals surface area (Å²) in [6.07, 6.45) is 12.6. The fraction of sp³-hybridized carbons (Fsp3) is 0.304. The first-order valence-corrected chi connectivity index (χ1v) is 21.8. The molecule has 0 fully saturated rings. The number of rotatable bonds is 13. The maximum atomic E-state index is 5.51. The van der Waals surface area contributed by atoms with Gasteiger partial charge in [-0.15, -0.1) is 0 Å². The Labute approximate surface area is 341 Å². The highest BCUT2D eigenvalue weighted by Crippen LogP contribution is 2.54. The van der Waals surface area contributed by atoms with Gasteiger partial charge >= 0.3 is 0 Å². The minimum absolute atomic E-state index is 0.0723. The molecule has 0 saturated heterocycles. The van der Waals surface area contributed by atoms with E-state index in [0.29, 0.717) is 0 Å². The van der Waals surface area contributed by atoms with Crippen LogP contribution in [0.1, 0.15) is 125 Å². The summed E-state index contributed by atoms with van der Waals surface area (Å²) < 4.78 is 0. The van der Waals surface area contributed by atoms with E-state index < -0.39 is 0 Å². The van der Waals surface area contributed by atoms with E-state index in [1.807, 2.05) is 0 Å². The monoisotopic (exact) mass is 743 g/mol. The van der Waals surface area contributed by atoms with Crippen molar-refractivity contribution in [1.82, 2.24) is 4.98 Å². The number of nitrogens with zero attached hydrogens (tertiary/aromatic N) is 1. The Kier molecular flexibility index (Phi) is 9.98. The van der Waals surface area contributed by atoms with Gasteiger partial charge in [0.15, 0.2) is 0 Å². The van der Waals surface area contributed by atoms with Crippen molar-refractivity contribution in [1.29, 1.82) is 0 Å². The standard InChI is InChI=1S/C56H57N/c1-6-8-10-13-21-38-31-39(22-14-11-9-7-2)33-42(32-38)56(5)50-28-20-18-26-44(50)46-34-41(29-30-51(46)56)53-36-45(40-23-15-12-16-24-40)48-35-52-47(37-54(48)57-53)43-25-17-19-27-49(43)55(52,3)4/h12,15-20,23-37H,6-11,13-14,21-22H2,1-5H3. The lowest BCUT2D eigenvalue weighted by molar-refractivity contribution is 0.656. The molecule has 0 spiro atoms. The number of fused-ring (bicyclic) bond motifs is 7. The molecule has 1 atom stereocenters. The molecule has 0 N–H and O–H groups in total. The molecule has 57 heavy (non-hydrogen) atoms. The van der Waals surface area contributed by atoms with Crippen molar-refractivity contribution in [3.05, 3.63) is 172 Å². The third kappa shape index (κ3) is 6.54. The molecule has 9 rings (SSSR count). The molecule has 0 aliphatic heterocycles. The van der Waals surface area contributed by atoms with Crippen LogP contribution in [-0.2, 0) is 23.7 Å². The Morgan fingerprint density at radius 3 is 1.72 bits per heavy atom. The number of benzene rings is 6. The summed E-state index contributed by atoms with van der Waals surface area (Å²) in [6.45, 7) is 11.8. The topological polar surface area (TPSA) is 12.9 Å². The molecule has 0 bridgehead atoms. The average Bonchev–Trinajstić information content (AvgIpc) is 3.64. The maximum absolute atomic E-state index is 5.51. The number of pyridine rings is 1. The Balaban J connectivity index is 1.18. The van der Waals surface area contributed by atoms with Crippen LogP contribution >= 0.6 is 0 Å². The number of unbranched alkanes of at least 4 members (excludes halogenated alkanes) is 6. The van der Waals surface area contributed by atoms with E-state index in [2.05, 4.69) is 168 Å². The van der Waals surface area contributed by atoms with E-state index in [-0.39, 0.29) is 10.8 Å². The molecule has 2 aliphatic rings. The summed E-state index contributed by atoms with van der Waals surface area (Å²) >= 11 is 0. The molecule has 0 saturated carbocycles. The van der Waals surface area contributed by atoms with Crippen LogP contribution in [0.25, 0.3) is 55.5 Å². The van der Waals surface area contributed by atoms with E-state index >= 15 is 0 Å². The van der Waals surface area contributed by atoms with Gasteiger partial charge in [-0.25, -0.2) is 4.98 Å². The van der Waals surface area contributed by atoms with Gasteiger partial charge < -0.3 is 0 Å². The van der Waals surface area contributed by atoms with E-state index in [4.69, 9.17) is 4.98 Å². The van der Waals surface area contributed by atoms with Gasteiger partial charge in [0, 0.05) is 21.8 Å². The van der Waals surface area contributed by atoms with Crippen LogP contribution in [0.15, 0.2) is 133 Å². The minimum atomic E-state index is -0.241. The van der Waals surface area contributed by atoms with Gasteiger partial charge in [-0.2, -0.15) is 0 Å². The fourth-order valence-corrected chi connectivity index (χ4v) is 10.2. The quantitative estimate of drug-likeness (QED) is 0.107. The van der Waals surface area contributed by atoms with E-state index in [0.717, 1.165) is 29.6 Å². The molecule has 286 valence electrons. The third-order valence-electron chi connectivity index (χ3n) is 13.5. The van der Waals surface area contributed by atoms with Crippen LogP contribution in [0.3, 0.4) is 0 Å². The molecule has 6 aromatic carbocycles. The summed E-state index contributed by atoms with van der Waals surface area (Å²) in [5.41, 5.74) is 20.7. The average molecular weight is 744 g/mol. The van der Waals surface area contributed by atoms with Crippen molar-refractivity contribution >= 4 is 10.9 Å². The highest BCUT2D eigenvalue weighted by Gasteiger charge is 2.41.